The minimum atomic E-state index is -0.525. The van der Waals surface area contributed by atoms with Crippen LogP contribution in [0.1, 0.15) is 59.1 Å². The number of halogens is 2. The number of carbonyl (C=O) groups excluding carboxylic acids is 1. The molecule has 0 radical (unpaired) electrons. The second-order valence-corrected chi connectivity index (χ2v) is 10.5. The summed E-state index contributed by atoms with van der Waals surface area (Å²) < 4.78 is 2.09. The van der Waals surface area contributed by atoms with Crippen molar-refractivity contribution in [3.63, 3.8) is 0 Å². The third kappa shape index (κ3) is 4.24. The summed E-state index contributed by atoms with van der Waals surface area (Å²) in [5.74, 6) is 1.04. The van der Waals surface area contributed by atoms with Crippen LogP contribution in [0.2, 0.25) is 10.0 Å². The van der Waals surface area contributed by atoms with Crippen molar-refractivity contribution in [1.82, 2.24) is 24.5 Å². The number of amides is 1. The molecule has 1 aromatic carbocycles. The summed E-state index contributed by atoms with van der Waals surface area (Å²) in [6, 6.07) is 8.62. The summed E-state index contributed by atoms with van der Waals surface area (Å²) >= 11 is 12.5. The molecule has 0 spiro atoms. The van der Waals surface area contributed by atoms with Crippen LogP contribution in [-0.2, 0) is 0 Å². The first kappa shape index (κ1) is 25.2. The Morgan fingerprint density at radius 2 is 1.70 bits per heavy atom. The third-order valence-corrected chi connectivity index (χ3v) is 6.93. The van der Waals surface area contributed by atoms with E-state index in [-0.39, 0.29) is 11.9 Å². The molecule has 0 N–H and O–H groups in total. The summed E-state index contributed by atoms with van der Waals surface area (Å²) in [6.45, 7) is 8.02. The smallest absolute Gasteiger partial charge is 0.279 e. The van der Waals surface area contributed by atoms with Crippen LogP contribution in [0.15, 0.2) is 42.7 Å². The zero-order chi connectivity index (χ0) is 26.6. The van der Waals surface area contributed by atoms with E-state index < -0.39 is 6.04 Å². The normalized spacial score (nSPS) is 15.0. The predicted octanol–water partition coefficient (Wildman–Crippen LogP) is 6.06. The highest BCUT2D eigenvalue weighted by Gasteiger charge is 2.46. The molecule has 8 nitrogen and oxygen atoms in total. The maximum Gasteiger partial charge on any atom is 0.279 e. The van der Waals surface area contributed by atoms with E-state index in [1.807, 2.05) is 57.1 Å². The lowest BCUT2D eigenvalue weighted by atomic mass is 10.1. The number of fused-ring (bicyclic) bond motifs is 1. The first-order valence-corrected chi connectivity index (χ1v) is 12.7. The molecule has 0 saturated heterocycles. The topological polar surface area (TPSA) is 80.0 Å². The van der Waals surface area contributed by atoms with Crippen molar-refractivity contribution >= 4 is 40.7 Å². The van der Waals surface area contributed by atoms with Crippen molar-refractivity contribution in [2.45, 2.75) is 39.8 Å². The molecule has 4 aromatic rings. The van der Waals surface area contributed by atoms with Crippen molar-refractivity contribution in [3.8, 4) is 11.4 Å². The van der Waals surface area contributed by atoms with Gasteiger partial charge in [-0.25, -0.2) is 15.0 Å². The van der Waals surface area contributed by atoms with Gasteiger partial charge < -0.3 is 9.47 Å². The SMILES string of the molecule is Cc1ccc(Cl)cc1N1C(=O)c2nc(-c3cnc(N(C)C)nc3C)n(C(C)C)c2C1c1ccc(Cl)cn1. The molecular weight excluding hydrogens is 509 g/mol. The molecule has 4 heterocycles. The second-order valence-electron chi connectivity index (χ2n) is 9.61. The molecule has 1 amide bonds. The Morgan fingerprint density at radius 1 is 0.973 bits per heavy atom. The van der Waals surface area contributed by atoms with Crippen molar-refractivity contribution in [1.29, 1.82) is 0 Å². The van der Waals surface area contributed by atoms with Gasteiger partial charge >= 0.3 is 0 Å². The fourth-order valence-corrected chi connectivity index (χ4v) is 5.01. The average Bonchev–Trinajstić information content (AvgIpc) is 3.36. The monoisotopic (exact) mass is 535 g/mol. The molecule has 10 heteroatoms. The van der Waals surface area contributed by atoms with E-state index in [4.69, 9.17) is 28.2 Å². The van der Waals surface area contributed by atoms with Gasteiger partial charge in [0.1, 0.15) is 11.9 Å². The molecule has 37 heavy (non-hydrogen) atoms. The molecule has 1 aliphatic heterocycles. The van der Waals surface area contributed by atoms with Gasteiger partial charge in [-0.05, 0) is 57.5 Å². The molecule has 0 saturated carbocycles. The molecule has 3 aromatic heterocycles. The molecular formula is C27H27Cl2N7O. The Hall–Kier alpha value is -3.49. The minimum absolute atomic E-state index is 0.0119. The molecule has 0 fully saturated rings. The molecule has 190 valence electrons. The number of benzene rings is 1. The first-order valence-electron chi connectivity index (χ1n) is 11.9. The van der Waals surface area contributed by atoms with Gasteiger partial charge in [-0.15, -0.1) is 0 Å². The Balaban J connectivity index is 1.77. The van der Waals surface area contributed by atoms with Crippen LogP contribution in [0.3, 0.4) is 0 Å². The number of imidazole rings is 1. The molecule has 1 atom stereocenters. The Kier molecular flexibility index (Phi) is 6.41. The third-order valence-electron chi connectivity index (χ3n) is 6.47. The maximum absolute atomic E-state index is 14.1. The second kappa shape index (κ2) is 9.43. The summed E-state index contributed by atoms with van der Waals surface area (Å²) in [5.41, 5.74) is 5.00. The molecule has 1 unspecified atom stereocenters. The Labute approximate surface area is 225 Å². The molecule has 1 aliphatic rings. The molecule has 0 bridgehead atoms. The largest absolute Gasteiger partial charge is 0.347 e. The highest BCUT2D eigenvalue weighted by molar-refractivity contribution is 6.31. The van der Waals surface area contributed by atoms with Crippen LogP contribution in [-0.4, -0.2) is 44.5 Å². The standard InChI is InChI=1S/C27H27Cl2N7O/c1-14(2)35-24-22(33-25(35)19-13-31-27(34(5)6)32-16(19)4)26(37)36(21-11-17(28)8-7-15(21)3)23(24)20-10-9-18(29)12-30-20/h7-14,23H,1-6H3. The summed E-state index contributed by atoms with van der Waals surface area (Å²) in [6.07, 6.45) is 3.37. The van der Waals surface area contributed by atoms with Gasteiger partial charge in [-0.3, -0.25) is 14.7 Å². The van der Waals surface area contributed by atoms with Gasteiger partial charge in [-0.1, -0.05) is 29.3 Å². The number of hydrogen-bond acceptors (Lipinski definition) is 6. The maximum atomic E-state index is 14.1. The summed E-state index contributed by atoms with van der Waals surface area (Å²) in [5, 5.41) is 1.06. The number of hydrogen-bond donors (Lipinski definition) is 0. The van der Waals surface area contributed by atoms with E-state index in [1.54, 1.807) is 23.4 Å². The quantitative estimate of drug-likeness (QED) is 0.309. The van der Waals surface area contributed by atoms with Gasteiger partial charge in [0.2, 0.25) is 5.95 Å². The predicted molar refractivity (Wildman–Crippen MR) is 147 cm³/mol. The highest BCUT2D eigenvalue weighted by atomic mass is 35.5. The number of anilines is 2. The number of rotatable bonds is 5. The van der Waals surface area contributed by atoms with Crippen LogP contribution in [0.25, 0.3) is 11.4 Å². The van der Waals surface area contributed by atoms with E-state index >= 15 is 0 Å². The number of pyridine rings is 1. The van der Waals surface area contributed by atoms with E-state index in [9.17, 15) is 4.79 Å². The van der Waals surface area contributed by atoms with E-state index in [2.05, 4.69) is 33.4 Å². The van der Waals surface area contributed by atoms with Crippen LogP contribution >= 0.6 is 23.2 Å². The van der Waals surface area contributed by atoms with Crippen molar-refractivity contribution < 1.29 is 4.79 Å². The average molecular weight is 536 g/mol. The highest BCUT2D eigenvalue weighted by Crippen LogP contribution is 2.45. The Bertz CT molecular complexity index is 1510. The van der Waals surface area contributed by atoms with Gasteiger partial charge in [0.15, 0.2) is 5.69 Å². The number of aryl methyl sites for hydroxylation is 2. The van der Waals surface area contributed by atoms with Crippen molar-refractivity contribution in [3.05, 3.63) is 81.1 Å². The van der Waals surface area contributed by atoms with E-state index in [1.165, 1.54) is 0 Å². The minimum Gasteiger partial charge on any atom is -0.347 e. The van der Waals surface area contributed by atoms with Crippen molar-refractivity contribution in [2.24, 2.45) is 0 Å². The summed E-state index contributed by atoms with van der Waals surface area (Å²) in [7, 11) is 3.79. The zero-order valence-electron chi connectivity index (χ0n) is 21.5. The van der Waals surface area contributed by atoms with Crippen LogP contribution in [0.4, 0.5) is 11.6 Å². The van der Waals surface area contributed by atoms with E-state index in [0.29, 0.717) is 38.9 Å². The zero-order valence-corrected chi connectivity index (χ0v) is 23.0. The van der Waals surface area contributed by atoms with Crippen LogP contribution in [0, 0.1) is 13.8 Å². The lowest BCUT2D eigenvalue weighted by Crippen LogP contribution is -2.31. The van der Waals surface area contributed by atoms with Crippen LogP contribution < -0.4 is 9.80 Å². The van der Waals surface area contributed by atoms with Crippen molar-refractivity contribution in [2.75, 3.05) is 23.9 Å². The van der Waals surface area contributed by atoms with Gasteiger partial charge in [0.05, 0.1) is 27.7 Å². The molecule has 5 rings (SSSR count). The van der Waals surface area contributed by atoms with Gasteiger partial charge in [0, 0.05) is 43.2 Å². The lowest BCUT2D eigenvalue weighted by Gasteiger charge is -2.29. The lowest BCUT2D eigenvalue weighted by molar-refractivity contribution is 0.0989. The number of carbonyl (C=O) groups is 1. The Morgan fingerprint density at radius 3 is 2.32 bits per heavy atom. The fourth-order valence-electron chi connectivity index (χ4n) is 4.73. The van der Waals surface area contributed by atoms with Gasteiger partial charge in [0.25, 0.3) is 5.91 Å². The van der Waals surface area contributed by atoms with E-state index in [0.717, 1.165) is 22.5 Å². The first-order chi connectivity index (χ1) is 17.6. The summed E-state index contributed by atoms with van der Waals surface area (Å²) in [4.78, 5) is 36.3. The fraction of sp³-hybridized carbons (Fsp3) is 0.296. The molecule has 0 aliphatic carbocycles. The van der Waals surface area contributed by atoms with Crippen LogP contribution in [0.5, 0.6) is 0 Å². The van der Waals surface area contributed by atoms with Gasteiger partial charge in [-0.2, -0.15) is 0 Å². The number of aromatic nitrogens is 5. The number of nitrogens with zero attached hydrogens (tertiary/aromatic N) is 7.